The molecule has 1 unspecified atom stereocenters. The summed E-state index contributed by atoms with van der Waals surface area (Å²) in [5, 5.41) is 6.09. The third kappa shape index (κ3) is 3.17. The highest BCUT2D eigenvalue weighted by Crippen LogP contribution is 2.27. The second-order valence-corrected chi connectivity index (χ2v) is 6.16. The van der Waals surface area contributed by atoms with Gasteiger partial charge < -0.3 is 5.32 Å². The maximum atomic E-state index is 3.49. The van der Waals surface area contributed by atoms with Gasteiger partial charge in [-0.05, 0) is 47.5 Å². The monoisotopic (exact) mass is 339 g/mol. The Balaban J connectivity index is 1.96. The van der Waals surface area contributed by atoms with Gasteiger partial charge >= 0.3 is 0 Å². The molecule has 0 aromatic heterocycles. The molecule has 1 atom stereocenters. The van der Waals surface area contributed by atoms with Crippen LogP contribution in [0.15, 0.2) is 71.2 Å². The summed E-state index contributed by atoms with van der Waals surface area (Å²) in [5.74, 6) is 0. The van der Waals surface area contributed by atoms with Gasteiger partial charge in [0.1, 0.15) is 0 Å². The lowest BCUT2D eigenvalue weighted by atomic mass is 9.94. The maximum Gasteiger partial charge on any atom is 0.0364 e. The van der Waals surface area contributed by atoms with Crippen molar-refractivity contribution in [1.29, 1.82) is 0 Å². The van der Waals surface area contributed by atoms with Crippen LogP contribution in [0.2, 0.25) is 0 Å². The van der Waals surface area contributed by atoms with E-state index in [0.717, 1.165) is 10.9 Å². The van der Waals surface area contributed by atoms with Gasteiger partial charge in [-0.15, -0.1) is 0 Å². The van der Waals surface area contributed by atoms with Gasteiger partial charge in [-0.1, -0.05) is 70.5 Å². The Morgan fingerprint density at radius 3 is 2.38 bits per heavy atom. The molecule has 3 aromatic rings. The van der Waals surface area contributed by atoms with Crippen molar-refractivity contribution in [3.8, 4) is 0 Å². The van der Waals surface area contributed by atoms with Crippen LogP contribution in [0, 0.1) is 0 Å². The lowest BCUT2D eigenvalue weighted by molar-refractivity contribution is 0.596. The third-order valence-corrected chi connectivity index (χ3v) is 4.43. The fourth-order valence-electron chi connectivity index (χ4n) is 2.78. The van der Waals surface area contributed by atoms with Crippen LogP contribution in [0.4, 0.5) is 0 Å². The predicted octanol–water partition coefficient (Wildman–Crippen LogP) is 5.11. The number of hydrogen-bond acceptors (Lipinski definition) is 1. The van der Waals surface area contributed by atoms with Crippen molar-refractivity contribution in [3.63, 3.8) is 0 Å². The SMILES string of the molecule is CNC(Cc1ccc(Br)cc1)c1cccc2ccccc12. The van der Waals surface area contributed by atoms with E-state index in [1.807, 2.05) is 7.05 Å². The van der Waals surface area contributed by atoms with Crippen LogP contribution in [-0.2, 0) is 6.42 Å². The molecule has 0 aliphatic carbocycles. The summed E-state index contributed by atoms with van der Waals surface area (Å²) >= 11 is 3.49. The molecule has 0 saturated carbocycles. The first-order valence-electron chi connectivity index (χ1n) is 7.17. The second-order valence-electron chi connectivity index (χ2n) is 5.24. The van der Waals surface area contributed by atoms with Crippen LogP contribution in [0.5, 0.6) is 0 Å². The van der Waals surface area contributed by atoms with Gasteiger partial charge in [-0.25, -0.2) is 0 Å². The molecule has 2 heteroatoms. The summed E-state index contributed by atoms with van der Waals surface area (Å²) in [6.45, 7) is 0. The molecule has 1 nitrogen and oxygen atoms in total. The second kappa shape index (κ2) is 6.42. The zero-order valence-corrected chi connectivity index (χ0v) is 13.6. The molecule has 1 N–H and O–H groups in total. The quantitative estimate of drug-likeness (QED) is 0.696. The summed E-state index contributed by atoms with van der Waals surface area (Å²) in [6.07, 6.45) is 0.984. The fraction of sp³-hybridized carbons (Fsp3) is 0.158. The highest BCUT2D eigenvalue weighted by atomic mass is 79.9. The minimum absolute atomic E-state index is 0.317. The van der Waals surface area contributed by atoms with Gasteiger partial charge in [0, 0.05) is 10.5 Å². The number of benzene rings is 3. The molecule has 0 aliphatic heterocycles. The minimum Gasteiger partial charge on any atom is -0.313 e. The van der Waals surface area contributed by atoms with Crippen molar-refractivity contribution in [2.75, 3.05) is 7.05 Å². The molecule has 0 fully saturated rings. The molecule has 0 radical (unpaired) electrons. The molecule has 106 valence electrons. The highest BCUT2D eigenvalue weighted by Gasteiger charge is 2.12. The van der Waals surface area contributed by atoms with Crippen LogP contribution < -0.4 is 5.32 Å². The Hall–Kier alpha value is -1.64. The summed E-state index contributed by atoms with van der Waals surface area (Å²) in [6, 6.07) is 24.0. The van der Waals surface area contributed by atoms with Gasteiger partial charge in [0.15, 0.2) is 0 Å². The van der Waals surface area contributed by atoms with E-state index in [1.54, 1.807) is 0 Å². The van der Waals surface area contributed by atoms with E-state index < -0.39 is 0 Å². The lowest BCUT2D eigenvalue weighted by Crippen LogP contribution is -2.19. The maximum absolute atomic E-state index is 3.49. The van der Waals surface area contributed by atoms with E-state index in [9.17, 15) is 0 Å². The molecular formula is C19H18BrN. The van der Waals surface area contributed by atoms with Crippen LogP contribution in [0.3, 0.4) is 0 Å². The average Bonchev–Trinajstić information content (AvgIpc) is 2.54. The largest absolute Gasteiger partial charge is 0.313 e. The van der Waals surface area contributed by atoms with E-state index in [-0.39, 0.29) is 0 Å². The molecule has 0 heterocycles. The van der Waals surface area contributed by atoms with Crippen LogP contribution >= 0.6 is 15.9 Å². The first-order chi connectivity index (χ1) is 10.3. The normalized spacial score (nSPS) is 12.5. The summed E-state index contributed by atoms with van der Waals surface area (Å²) < 4.78 is 1.12. The Morgan fingerprint density at radius 1 is 0.905 bits per heavy atom. The third-order valence-electron chi connectivity index (χ3n) is 3.90. The predicted molar refractivity (Wildman–Crippen MR) is 93.6 cm³/mol. The van der Waals surface area contributed by atoms with Gasteiger partial charge in [-0.3, -0.25) is 0 Å². The van der Waals surface area contributed by atoms with E-state index in [1.165, 1.54) is 21.9 Å². The number of fused-ring (bicyclic) bond motifs is 1. The van der Waals surface area contributed by atoms with E-state index in [2.05, 4.69) is 88.0 Å². The van der Waals surface area contributed by atoms with Crippen molar-refractivity contribution < 1.29 is 0 Å². The van der Waals surface area contributed by atoms with E-state index in [0.29, 0.717) is 6.04 Å². The van der Waals surface area contributed by atoms with Gasteiger partial charge in [-0.2, -0.15) is 0 Å². The lowest BCUT2D eigenvalue weighted by Gasteiger charge is -2.19. The Bertz CT molecular complexity index is 729. The molecule has 3 aromatic carbocycles. The summed E-state index contributed by atoms with van der Waals surface area (Å²) in [4.78, 5) is 0. The zero-order chi connectivity index (χ0) is 14.7. The highest BCUT2D eigenvalue weighted by molar-refractivity contribution is 9.10. The zero-order valence-electron chi connectivity index (χ0n) is 12.0. The Kier molecular flexibility index (Phi) is 4.37. The van der Waals surface area contributed by atoms with Crippen molar-refractivity contribution >= 4 is 26.7 Å². The number of likely N-dealkylation sites (N-methyl/N-ethyl adjacent to an activating group) is 1. The fourth-order valence-corrected chi connectivity index (χ4v) is 3.04. The van der Waals surface area contributed by atoms with Crippen molar-refractivity contribution in [2.24, 2.45) is 0 Å². The van der Waals surface area contributed by atoms with E-state index >= 15 is 0 Å². The number of rotatable bonds is 4. The molecule has 0 bridgehead atoms. The molecule has 3 rings (SSSR count). The Morgan fingerprint density at radius 2 is 1.62 bits per heavy atom. The molecule has 21 heavy (non-hydrogen) atoms. The van der Waals surface area contributed by atoms with Crippen LogP contribution in [0.25, 0.3) is 10.8 Å². The van der Waals surface area contributed by atoms with E-state index in [4.69, 9.17) is 0 Å². The number of halogens is 1. The number of hydrogen-bond donors (Lipinski definition) is 1. The molecular weight excluding hydrogens is 322 g/mol. The van der Waals surface area contributed by atoms with Crippen molar-refractivity contribution in [2.45, 2.75) is 12.5 Å². The smallest absolute Gasteiger partial charge is 0.0364 e. The summed E-state index contributed by atoms with van der Waals surface area (Å²) in [5.41, 5.74) is 2.70. The molecule has 0 saturated heterocycles. The first-order valence-corrected chi connectivity index (χ1v) is 7.96. The molecule has 0 spiro atoms. The average molecular weight is 340 g/mol. The minimum atomic E-state index is 0.317. The van der Waals surface area contributed by atoms with Crippen LogP contribution in [0.1, 0.15) is 17.2 Å². The molecule has 0 aliphatic rings. The standard InChI is InChI=1S/C19H18BrN/c1-21-19(13-14-9-11-16(20)12-10-14)18-8-4-6-15-5-2-3-7-17(15)18/h2-12,19,21H,13H2,1H3. The number of nitrogens with one attached hydrogen (secondary N) is 1. The van der Waals surface area contributed by atoms with Gasteiger partial charge in [0.25, 0.3) is 0 Å². The van der Waals surface area contributed by atoms with Crippen molar-refractivity contribution in [3.05, 3.63) is 82.3 Å². The van der Waals surface area contributed by atoms with Crippen molar-refractivity contribution in [1.82, 2.24) is 5.32 Å². The van der Waals surface area contributed by atoms with Gasteiger partial charge in [0.05, 0.1) is 0 Å². The first kappa shape index (κ1) is 14.3. The topological polar surface area (TPSA) is 12.0 Å². The van der Waals surface area contributed by atoms with Crippen LogP contribution in [-0.4, -0.2) is 7.05 Å². The Labute approximate surface area is 134 Å². The molecule has 0 amide bonds. The summed E-state index contributed by atoms with van der Waals surface area (Å²) in [7, 11) is 2.03. The van der Waals surface area contributed by atoms with Gasteiger partial charge in [0.2, 0.25) is 0 Å².